The average molecular weight is 373 g/mol. The molecule has 3 fully saturated rings. The molecule has 0 radical (unpaired) electrons. The van der Waals surface area contributed by atoms with Crippen LogP contribution in [0.5, 0.6) is 0 Å². The van der Waals surface area contributed by atoms with Gasteiger partial charge in [-0.2, -0.15) is 0 Å². The summed E-state index contributed by atoms with van der Waals surface area (Å²) in [5.41, 5.74) is 0. The van der Waals surface area contributed by atoms with Gasteiger partial charge in [-0.25, -0.2) is 0 Å². The van der Waals surface area contributed by atoms with Gasteiger partial charge in [0.1, 0.15) is 0 Å². The Bertz CT molecular complexity index is 522. The third kappa shape index (κ3) is 3.67. The average Bonchev–Trinajstić information content (AvgIpc) is 3.10. The Hall–Kier alpha value is -0.473. The van der Waals surface area contributed by atoms with Crippen LogP contribution in [0.15, 0.2) is 0 Å². The first-order chi connectivity index (χ1) is 11.5. The van der Waals surface area contributed by atoms with Gasteiger partial charge in [-0.1, -0.05) is 20.8 Å². The highest BCUT2D eigenvalue weighted by Crippen LogP contribution is 2.50. The highest BCUT2D eigenvalue weighted by molar-refractivity contribution is 6.74. The number of ether oxygens (including phenoxy) is 4. The van der Waals surface area contributed by atoms with Gasteiger partial charge in [-0.15, -0.1) is 0 Å². The van der Waals surface area contributed by atoms with E-state index < -0.39 is 19.9 Å². The zero-order valence-electron chi connectivity index (χ0n) is 16.3. The minimum absolute atomic E-state index is 0.00519. The molecule has 144 valence electrons. The SMILES string of the molecule is CC1(C[C@]23OC[C@H](CO[Si](C)(C)C(C)(C)C)[C@H]2CC(=O)O3)OCCO1. The second-order valence-corrected chi connectivity index (χ2v) is 14.1. The molecule has 3 aliphatic heterocycles. The first-order valence-electron chi connectivity index (χ1n) is 9.24. The van der Waals surface area contributed by atoms with E-state index >= 15 is 0 Å². The normalized spacial score (nSPS) is 35.0. The van der Waals surface area contributed by atoms with E-state index in [1.54, 1.807) is 0 Å². The van der Waals surface area contributed by atoms with Crippen molar-refractivity contribution in [1.82, 2.24) is 0 Å². The summed E-state index contributed by atoms with van der Waals surface area (Å²) >= 11 is 0. The lowest BCUT2D eigenvalue weighted by atomic mass is 9.85. The molecule has 0 bridgehead atoms. The predicted molar refractivity (Wildman–Crippen MR) is 94.4 cm³/mol. The summed E-state index contributed by atoms with van der Waals surface area (Å²) < 4.78 is 29.5. The molecule has 3 rings (SSSR count). The van der Waals surface area contributed by atoms with Crippen molar-refractivity contribution in [3.8, 4) is 0 Å². The van der Waals surface area contributed by atoms with E-state index in [1.165, 1.54) is 0 Å². The lowest BCUT2D eigenvalue weighted by Gasteiger charge is -2.37. The summed E-state index contributed by atoms with van der Waals surface area (Å²) in [5.74, 6) is -1.74. The maximum absolute atomic E-state index is 12.0. The van der Waals surface area contributed by atoms with Crippen molar-refractivity contribution in [3.63, 3.8) is 0 Å². The number of carbonyl (C=O) groups is 1. The third-order valence-corrected chi connectivity index (χ3v) is 10.8. The molecule has 0 aromatic heterocycles. The largest absolute Gasteiger partial charge is 0.432 e. The molecule has 0 unspecified atom stereocenters. The van der Waals surface area contributed by atoms with Crippen LogP contribution in [0.2, 0.25) is 18.1 Å². The fraction of sp³-hybridized carbons (Fsp3) is 0.944. The van der Waals surface area contributed by atoms with Crippen molar-refractivity contribution < 1.29 is 28.2 Å². The second kappa shape index (κ2) is 6.30. The Balaban J connectivity index is 1.69. The van der Waals surface area contributed by atoms with Gasteiger partial charge in [0.15, 0.2) is 14.1 Å². The topological polar surface area (TPSA) is 63.2 Å². The highest BCUT2D eigenvalue weighted by atomic mass is 28.4. The van der Waals surface area contributed by atoms with Gasteiger partial charge in [0, 0.05) is 18.4 Å². The van der Waals surface area contributed by atoms with Crippen molar-refractivity contribution in [1.29, 1.82) is 0 Å². The lowest BCUT2D eigenvalue weighted by molar-refractivity contribution is -0.256. The van der Waals surface area contributed by atoms with Crippen LogP contribution in [0.25, 0.3) is 0 Å². The van der Waals surface area contributed by atoms with Crippen LogP contribution in [0.3, 0.4) is 0 Å². The Morgan fingerprint density at radius 2 is 1.84 bits per heavy atom. The van der Waals surface area contributed by atoms with Gasteiger partial charge in [0.05, 0.1) is 32.7 Å². The summed E-state index contributed by atoms with van der Waals surface area (Å²) in [6, 6.07) is 0. The third-order valence-electron chi connectivity index (χ3n) is 6.28. The lowest BCUT2D eigenvalue weighted by Crippen LogP contribution is -2.45. The number of hydrogen-bond acceptors (Lipinski definition) is 6. The number of fused-ring (bicyclic) bond motifs is 1. The minimum Gasteiger partial charge on any atom is -0.432 e. The van der Waals surface area contributed by atoms with Gasteiger partial charge in [0.25, 0.3) is 0 Å². The van der Waals surface area contributed by atoms with E-state index in [0.717, 1.165) is 0 Å². The number of carbonyl (C=O) groups excluding carboxylic acids is 1. The van der Waals surface area contributed by atoms with E-state index in [4.69, 9.17) is 23.4 Å². The van der Waals surface area contributed by atoms with Crippen molar-refractivity contribution in [2.75, 3.05) is 26.4 Å². The molecule has 25 heavy (non-hydrogen) atoms. The Morgan fingerprint density at radius 1 is 1.20 bits per heavy atom. The summed E-state index contributed by atoms with van der Waals surface area (Å²) in [6.07, 6.45) is 0.786. The van der Waals surface area contributed by atoms with Crippen LogP contribution >= 0.6 is 0 Å². The molecular formula is C18H32O6Si. The van der Waals surface area contributed by atoms with E-state index in [0.29, 0.717) is 39.3 Å². The van der Waals surface area contributed by atoms with Crippen LogP contribution in [-0.2, 0) is 28.2 Å². The number of hydrogen-bond donors (Lipinski definition) is 0. The molecule has 3 saturated heterocycles. The van der Waals surface area contributed by atoms with Crippen LogP contribution in [0.1, 0.15) is 40.5 Å². The first-order valence-corrected chi connectivity index (χ1v) is 12.1. The van der Waals surface area contributed by atoms with Crippen molar-refractivity contribution in [2.24, 2.45) is 11.8 Å². The summed E-state index contributed by atoms with van der Waals surface area (Å²) in [6.45, 7) is 15.3. The molecule has 0 saturated carbocycles. The molecule has 3 heterocycles. The van der Waals surface area contributed by atoms with Crippen LogP contribution in [-0.4, -0.2) is 52.3 Å². The van der Waals surface area contributed by atoms with Crippen molar-refractivity contribution in [2.45, 2.75) is 70.2 Å². The van der Waals surface area contributed by atoms with Crippen LogP contribution in [0.4, 0.5) is 0 Å². The fourth-order valence-corrected chi connectivity index (χ4v) is 4.76. The molecule has 3 atom stereocenters. The number of esters is 1. The van der Waals surface area contributed by atoms with Gasteiger partial charge >= 0.3 is 5.97 Å². The highest BCUT2D eigenvalue weighted by Gasteiger charge is 2.61. The van der Waals surface area contributed by atoms with Gasteiger partial charge in [-0.3, -0.25) is 4.79 Å². The van der Waals surface area contributed by atoms with E-state index in [-0.39, 0.29) is 22.8 Å². The van der Waals surface area contributed by atoms with Crippen molar-refractivity contribution >= 4 is 14.3 Å². The Kier molecular flexibility index (Phi) is 4.86. The second-order valence-electron chi connectivity index (χ2n) is 9.25. The first kappa shape index (κ1) is 19.3. The molecule has 3 aliphatic rings. The molecule has 0 aromatic carbocycles. The molecule has 0 N–H and O–H groups in total. The zero-order chi connectivity index (χ0) is 18.5. The zero-order valence-corrected chi connectivity index (χ0v) is 17.3. The summed E-state index contributed by atoms with van der Waals surface area (Å²) in [4.78, 5) is 12.0. The van der Waals surface area contributed by atoms with Gasteiger partial charge in [0.2, 0.25) is 5.79 Å². The molecule has 0 aliphatic carbocycles. The quantitative estimate of drug-likeness (QED) is 0.546. The molecule has 0 amide bonds. The van der Waals surface area contributed by atoms with E-state index in [1.807, 2.05) is 6.92 Å². The maximum Gasteiger partial charge on any atom is 0.308 e. The summed E-state index contributed by atoms with van der Waals surface area (Å²) in [7, 11) is -1.84. The van der Waals surface area contributed by atoms with E-state index in [9.17, 15) is 4.79 Å². The Labute approximate surface area is 151 Å². The van der Waals surface area contributed by atoms with Crippen molar-refractivity contribution in [3.05, 3.63) is 0 Å². The predicted octanol–water partition coefficient (Wildman–Crippen LogP) is 3.07. The van der Waals surface area contributed by atoms with Crippen LogP contribution in [0, 0.1) is 11.8 Å². The standard InChI is InChI=1S/C18H32O6Si/c1-16(2,3)25(5,6)23-11-13-10-22-18(14(13)9-15(19)24-18)12-17(4)20-7-8-21-17/h13-14H,7-12H2,1-6H3/t13-,14-,18-/m1/s1. The van der Waals surface area contributed by atoms with Crippen LogP contribution < -0.4 is 0 Å². The molecular weight excluding hydrogens is 340 g/mol. The van der Waals surface area contributed by atoms with Gasteiger partial charge < -0.3 is 23.4 Å². The van der Waals surface area contributed by atoms with Gasteiger partial charge in [-0.05, 0) is 25.1 Å². The molecule has 7 heteroatoms. The monoisotopic (exact) mass is 372 g/mol. The smallest absolute Gasteiger partial charge is 0.308 e. The number of rotatable bonds is 5. The van der Waals surface area contributed by atoms with E-state index in [2.05, 4.69) is 33.9 Å². The fourth-order valence-electron chi connectivity index (χ4n) is 3.69. The minimum atomic E-state index is -1.84. The molecule has 6 nitrogen and oxygen atoms in total. The molecule has 0 spiro atoms. The maximum atomic E-state index is 12.0. The summed E-state index contributed by atoms with van der Waals surface area (Å²) in [5, 5.41) is 0.157. The Morgan fingerprint density at radius 3 is 2.44 bits per heavy atom. The molecule has 0 aromatic rings.